The number of rotatable bonds is 22. The molecule has 12 heterocycles. The standard InChI is InChI=1S/C34H40FN7O2.C33H35ClF3N7O2.C30H38ClN7O2.2H2S/c1-24-8-4-9-25-10-5-12-30(32(24)25)40-17-14-28-29(22-40)37-34(44-23-26-11-7-16-39(26)3)38-33(28)41-18-19-42(27(21-41)20-36-2)31(43)13-6-15-35;1-21(33(35,36)37)31(45)44-16-15-43(18-24(44)17-38-2)30-25-12-14-42(28-11-5-8-22-7-4-10-26(34)29(22)28)19-27(25)39-32(40-30)46-20-23-9-6-13-41(23)3;1-21-7-5-9-27(22(21)2)36-14-11-25-26(19-36)33-30(40-20-23-8-6-13-35(23)4)34-29(25)37-15-16-38(28(39)10-12-31)24(18-37)17-32-3;;/h4-6,8-10,12-13,26-27H,7,11,14-23H2,1,3H3;4-5,7-8,10-11,23-24H,1,6,9,12-20H2,3H3;5,7,9-10,12,23-24H,6,8,11,13-20H2,1-2,4H3;2*1H2/b13-6+;;12-10-;;/t26-,27-;2*23-,24-;;/m000../s1. The van der Waals surface area contributed by atoms with E-state index < -0.39 is 30.4 Å². The van der Waals surface area contributed by atoms with E-state index >= 15 is 0 Å². The van der Waals surface area contributed by atoms with Crippen molar-refractivity contribution in [2.45, 2.75) is 141 Å². The summed E-state index contributed by atoms with van der Waals surface area (Å²) in [4.78, 5) is 103. The fourth-order valence-corrected chi connectivity index (χ4v) is 20.1. The largest absolute Gasteiger partial charge is 0.462 e. The van der Waals surface area contributed by atoms with Crippen LogP contribution in [0.3, 0.4) is 0 Å². The Balaban J connectivity index is 0.000000167. The van der Waals surface area contributed by atoms with Crippen molar-refractivity contribution in [2.24, 2.45) is 0 Å². The summed E-state index contributed by atoms with van der Waals surface area (Å²) in [7, 11) is 6.34. The SMILES string of the molecule is S.S.[C-]#[N+]C[C@H]1CN(c2nc(OC[C@@H]3CCCN3C)nc3c2CCN(c2cccc(C)c2C)C3)CCN1C(=O)/C=C\Cl.[C-]#[N+]C[C@H]1CN(c2nc(OC[C@@H]3CCCN3C)nc3c2CCN(c2cccc4cccc(C)c24)C3)CCN1C(=O)/C=C/CF.[C-]#[N+]C[C@H]1CN(c2nc(OC[C@@H]3CCCN3C)nc3c2CCN(c2cccc4cccc(Cl)c24)C3)CCN1C(=O)C(=C)C(F)(F)F. The molecule has 0 saturated carbocycles. The summed E-state index contributed by atoms with van der Waals surface area (Å²) >= 11 is 12.4. The summed E-state index contributed by atoms with van der Waals surface area (Å²) in [5.41, 5.74) is 12.9. The van der Waals surface area contributed by atoms with Crippen LogP contribution in [0.5, 0.6) is 18.0 Å². The zero-order valence-electron chi connectivity index (χ0n) is 75.8. The smallest absolute Gasteiger partial charge is 0.421 e. The predicted octanol–water partition coefficient (Wildman–Crippen LogP) is 13.9. The Morgan fingerprint density at radius 1 is 0.477 bits per heavy atom. The van der Waals surface area contributed by atoms with E-state index in [-0.39, 0.29) is 102 Å². The molecule has 17 rings (SSSR count). The van der Waals surface area contributed by atoms with Crippen molar-refractivity contribution in [3.05, 3.63) is 217 Å². The van der Waals surface area contributed by atoms with Crippen molar-refractivity contribution >= 4 is 124 Å². The minimum Gasteiger partial charge on any atom is -0.462 e. The average Bonchev–Trinajstić information content (AvgIpc) is 0.921. The summed E-state index contributed by atoms with van der Waals surface area (Å²) in [6.07, 6.45) is 7.83. The third-order valence-corrected chi connectivity index (χ3v) is 27.5. The zero-order valence-corrected chi connectivity index (χ0v) is 79.3. The van der Waals surface area contributed by atoms with Crippen LogP contribution in [0.15, 0.2) is 127 Å². The van der Waals surface area contributed by atoms with E-state index in [0.717, 1.165) is 144 Å². The van der Waals surface area contributed by atoms with Crippen LogP contribution in [0.1, 0.15) is 89.0 Å². The van der Waals surface area contributed by atoms with Gasteiger partial charge in [-0.15, -0.1) is 0 Å². The van der Waals surface area contributed by atoms with Crippen LogP contribution in [-0.4, -0.2) is 285 Å². The number of hydrogen-bond acceptors (Lipinski definition) is 21. The van der Waals surface area contributed by atoms with Crippen LogP contribution in [0.2, 0.25) is 5.02 Å². The number of alkyl halides is 4. The summed E-state index contributed by atoms with van der Waals surface area (Å²) in [5, 5.41) is 5.15. The Kier molecular flexibility index (Phi) is 33.4. The number of carbonyl (C=O) groups excluding carboxylic acids is 3. The molecule has 0 bridgehead atoms. The number of amides is 3. The number of aryl methyl sites for hydroxylation is 2. The summed E-state index contributed by atoms with van der Waals surface area (Å²) in [6, 6.07) is 31.9. The van der Waals surface area contributed by atoms with Gasteiger partial charge in [0.2, 0.25) is 31.4 Å². The topological polar surface area (TPSA) is 208 Å². The first kappa shape index (κ1) is 98.5. The number of ether oxygens (including phenoxy) is 3. The summed E-state index contributed by atoms with van der Waals surface area (Å²) < 4.78 is 71.5. The first-order chi connectivity index (χ1) is 62.9. The first-order valence-electron chi connectivity index (χ1n) is 45.0. The molecule has 35 heteroatoms. The van der Waals surface area contributed by atoms with Crippen LogP contribution < -0.4 is 43.6 Å². The Morgan fingerprint density at radius 2 is 0.848 bits per heavy atom. The Bertz CT molecular complexity index is 5670. The quantitative estimate of drug-likeness (QED) is 0.0351. The van der Waals surface area contributed by atoms with Gasteiger partial charge in [-0.2, -0.15) is 70.1 Å². The van der Waals surface area contributed by atoms with Gasteiger partial charge in [-0.1, -0.05) is 96.5 Å². The van der Waals surface area contributed by atoms with Gasteiger partial charge < -0.3 is 87.5 Å². The Morgan fingerprint density at radius 3 is 1.26 bits per heavy atom. The molecule has 132 heavy (non-hydrogen) atoms. The number of hydrogen-bond donors (Lipinski definition) is 0. The van der Waals surface area contributed by atoms with Gasteiger partial charge in [0, 0.05) is 159 Å². The van der Waals surface area contributed by atoms with Gasteiger partial charge in [0.25, 0.3) is 5.91 Å². The van der Waals surface area contributed by atoms with Gasteiger partial charge in [-0.05, 0) is 177 Å². The number of allylic oxidation sites excluding steroid dienone is 1. The van der Waals surface area contributed by atoms with Crippen molar-refractivity contribution in [1.82, 2.24) is 59.3 Å². The molecule has 6 saturated heterocycles. The molecule has 0 radical (unpaired) electrons. The monoisotopic (exact) mass is 1880 g/mol. The third-order valence-electron chi connectivity index (χ3n) is 27.1. The molecule has 0 N–H and O–H groups in total. The van der Waals surface area contributed by atoms with Gasteiger partial charge >= 0.3 is 24.2 Å². The summed E-state index contributed by atoms with van der Waals surface area (Å²) in [5.74, 6) is 0.718. The molecule has 6 fully saturated rings. The first-order valence-corrected chi connectivity index (χ1v) is 45.8. The van der Waals surface area contributed by atoms with E-state index in [4.69, 9.17) is 87.0 Å². The number of likely N-dealkylation sites (N-methyl/N-ethyl adjacent to an activating group) is 3. The molecule has 9 aliphatic rings. The third kappa shape index (κ3) is 22.4. The van der Waals surface area contributed by atoms with E-state index in [1.165, 1.54) is 69.0 Å². The number of piperazine rings is 3. The van der Waals surface area contributed by atoms with Gasteiger partial charge in [0.15, 0.2) is 0 Å². The second kappa shape index (κ2) is 44.7. The van der Waals surface area contributed by atoms with Crippen molar-refractivity contribution in [3.63, 3.8) is 0 Å². The number of fused-ring (bicyclic) bond motifs is 5. The molecule has 8 aromatic rings. The van der Waals surface area contributed by atoms with Crippen molar-refractivity contribution in [1.29, 1.82) is 0 Å². The highest BCUT2D eigenvalue weighted by Crippen LogP contribution is 2.42. The van der Waals surface area contributed by atoms with Crippen LogP contribution in [0.4, 0.5) is 52.1 Å². The minimum absolute atomic E-state index is 0. The van der Waals surface area contributed by atoms with Crippen LogP contribution >= 0.6 is 50.2 Å². The molecule has 27 nitrogen and oxygen atoms in total. The molecule has 5 aromatic carbocycles. The van der Waals surface area contributed by atoms with Gasteiger partial charge in [0.1, 0.15) is 67.6 Å². The van der Waals surface area contributed by atoms with Gasteiger partial charge in [0.05, 0.1) is 41.7 Å². The minimum atomic E-state index is -4.84. The van der Waals surface area contributed by atoms with Gasteiger partial charge in [-0.3, -0.25) is 14.4 Å². The number of carbonyl (C=O) groups is 3. The summed E-state index contributed by atoms with van der Waals surface area (Å²) in [6.45, 7) is 43.8. The normalized spacial score (nSPS) is 20.6. The lowest BCUT2D eigenvalue weighted by Crippen LogP contribution is -2.57. The van der Waals surface area contributed by atoms with E-state index in [1.807, 2.05) is 35.2 Å². The highest BCUT2D eigenvalue weighted by atomic mass is 35.5. The van der Waals surface area contributed by atoms with Crippen molar-refractivity contribution in [2.75, 3.05) is 195 Å². The number of anilines is 6. The second-order valence-corrected chi connectivity index (χ2v) is 35.7. The number of aromatic nitrogens is 6. The molecule has 700 valence electrons. The fraction of sp³-hybridized carbons (Fsp3) is 0.485. The van der Waals surface area contributed by atoms with Crippen LogP contribution in [0, 0.1) is 40.5 Å². The second-order valence-electron chi connectivity index (χ2n) is 35.0. The molecule has 9 aliphatic heterocycles. The highest BCUT2D eigenvalue weighted by molar-refractivity contribution is 7.59. The zero-order chi connectivity index (χ0) is 91.4. The van der Waals surface area contributed by atoms with E-state index in [0.29, 0.717) is 127 Å². The van der Waals surface area contributed by atoms with E-state index in [9.17, 15) is 31.9 Å². The lowest BCUT2D eigenvalue weighted by atomic mass is 9.99. The number of halogens is 6. The molecule has 3 aromatic heterocycles. The Hall–Kier alpha value is -11.0. The molecular weight excluding hydrogens is 1770 g/mol. The highest BCUT2D eigenvalue weighted by Gasteiger charge is 2.45. The van der Waals surface area contributed by atoms with E-state index in [1.54, 1.807) is 9.80 Å². The maximum atomic E-state index is 13.4. The molecular formula is C97H117Cl2F4N21O6S2. The maximum absolute atomic E-state index is 13.4. The van der Waals surface area contributed by atoms with E-state index in [2.05, 4.69) is 163 Å². The number of likely N-dealkylation sites (tertiary alicyclic amines) is 3. The van der Waals surface area contributed by atoms with Crippen molar-refractivity contribution < 1.29 is 46.2 Å². The molecule has 0 unspecified atom stereocenters. The predicted molar refractivity (Wildman–Crippen MR) is 521 cm³/mol. The average molecular weight is 1880 g/mol. The maximum Gasteiger partial charge on any atom is 0.421 e. The molecule has 0 spiro atoms. The molecule has 6 atom stereocenters. The Labute approximate surface area is 794 Å². The van der Waals surface area contributed by atoms with Crippen LogP contribution in [0.25, 0.3) is 36.1 Å². The number of nitrogens with zero attached hydrogens (tertiary/aromatic N) is 21. The van der Waals surface area contributed by atoms with Crippen LogP contribution in [-0.2, 0) is 53.3 Å². The fourth-order valence-electron chi connectivity index (χ4n) is 19.7. The molecule has 0 aliphatic carbocycles. The lowest BCUT2D eigenvalue weighted by Gasteiger charge is -2.41. The van der Waals surface area contributed by atoms with Crippen molar-refractivity contribution in [3.8, 4) is 18.0 Å². The lowest BCUT2D eigenvalue weighted by molar-refractivity contribution is -0.141. The number of benzene rings is 5. The molecule has 3 amide bonds. The van der Waals surface area contributed by atoms with Gasteiger partial charge in [-0.25, -0.2) is 24.1 Å².